The number of aromatic nitrogens is 4. The molecule has 0 fully saturated rings. The summed E-state index contributed by atoms with van der Waals surface area (Å²) in [5.74, 6) is 0.930. The fourth-order valence-corrected chi connectivity index (χ4v) is 2.56. The monoisotopic (exact) mass is 353 g/mol. The lowest BCUT2D eigenvalue weighted by Gasteiger charge is -2.17. The summed E-state index contributed by atoms with van der Waals surface area (Å²) in [6.07, 6.45) is 1.89. The molecule has 1 amide bonds. The van der Waals surface area contributed by atoms with Gasteiger partial charge in [-0.2, -0.15) is 0 Å². The lowest BCUT2D eigenvalue weighted by molar-refractivity contribution is -0.119. The first-order valence-corrected chi connectivity index (χ1v) is 8.00. The molecular formula is C18H19N5O3. The summed E-state index contributed by atoms with van der Waals surface area (Å²) in [5.41, 5.74) is 1.57. The molecule has 2 aromatic carbocycles. The highest BCUT2D eigenvalue weighted by atomic mass is 16.5. The van der Waals surface area contributed by atoms with Gasteiger partial charge in [0.05, 0.1) is 14.2 Å². The van der Waals surface area contributed by atoms with E-state index in [2.05, 4.69) is 20.8 Å². The zero-order chi connectivity index (χ0) is 18.4. The second-order valence-corrected chi connectivity index (χ2v) is 5.59. The summed E-state index contributed by atoms with van der Waals surface area (Å²) in [7, 11) is 3.11. The van der Waals surface area contributed by atoms with E-state index in [1.54, 1.807) is 32.4 Å². The van der Waals surface area contributed by atoms with Crippen LogP contribution in [0.4, 0.5) is 5.69 Å². The van der Waals surface area contributed by atoms with Crippen LogP contribution >= 0.6 is 0 Å². The highest BCUT2D eigenvalue weighted by molar-refractivity contribution is 5.94. The van der Waals surface area contributed by atoms with E-state index in [0.29, 0.717) is 23.6 Å². The van der Waals surface area contributed by atoms with Crippen molar-refractivity contribution in [3.63, 3.8) is 0 Å². The summed E-state index contributed by atoms with van der Waals surface area (Å²) in [6, 6.07) is 14.3. The standard InChI is InChI=1S/C18H19N5O3/c1-25-15-9-14(10-16(11-15)26-2)20-18(24)17(23-12-19-21-22-23)8-13-6-4-3-5-7-13/h3-7,9-12,17H,8H2,1-2H3,(H,20,24)/t17-/m0/s1. The second-order valence-electron chi connectivity index (χ2n) is 5.59. The molecule has 134 valence electrons. The van der Waals surface area contributed by atoms with Gasteiger partial charge in [0.2, 0.25) is 5.91 Å². The van der Waals surface area contributed by atoms with Gasteiger partial charge in [0.1, 0.15) is 23.9 Å². The van der Waals surface area contributed by atoms with Gasteiger partial charge in [-0.15, -0.1) is 5.10 Å². The first kappa shape index (κ1) is 17.4. The summed E-state index contributed by atoms with van der Waals surface area (Å²) < 4.78 is 11.9. The van der Waals surface area contributed by atoms with Crippen LogP contribution in [0, 0.1) is 0 Å². The summed E-state index contributed by atoms with van der Waals surface area (Å²) >= 11 is 0. The molecule has 1 N–H and O–H groups in total. The molecule has 8 heteroatoms. The van der Waals surface area contributed by atoms with Crippen molar-refractivity contribution in [3.8, 4) is 11.5 Å². The molecule has 0 saturated heterocycles. The number of tetrazole rings is 1. The minimum absolute atomic E-state index is 0.239. The second kappa shape index (κ2) is 8.11. The summed E-state index contributed by atoms with van der Waals surface area (Å²) in [6.45, 7) is 0. The fourth-order valence-electron chi connectivity index (χ4n) is 2.56. The molecule has 8 nitrogen and oxygen atoms in total. The lowest BCUT2D eigenvalue weighted by atomic mass is 10.1. The molecule has 26 heavy (non-hydrogen) atoms. The predicted octanol–water partition coefficient (Wildman–Crippen LogP) is 2.11. The normalized spacial score (nSPS) is 11.6. The number of carbonyl (C=O) groups excluding carboxylic acids is 1. The Morgan fingerprint density at radius 2 is 1.81 bits per heavy atom. The van der Waals surface area contributed by atoms with Gasteiger partial charge in [0.25, 0.3) is 0 Å². The quantitative estimate of drug-likeness (QED) is 0.699. The number of benzene rings is 2. The van der Waals surface area contributed by atoms with Gasteiger partial charge in [-0.05, 0) is 16.0 Å². The average Bonchev–Trinajstić information content (AvgIpc) is 3.20. The topological polar surface area (TPSA) is 91.2 Å². The highest BCUT2D eigenvalue weighted by Gasteiger charge is 2.23. The maximum atomic E-state index is 12.9. The van der Waals surface area contributed by atoms with Crippen LogP contribution in [-0.4, -0.2) is 40.3 Å². The van der Waals surface area contributed by atoms with E-state index < -0.39 is 6.04 Å². The number of hydrogen-bond acceptors (Lipinski definition) is 6. The molecule has 0 radical (unpaired) electrons. The molecular weight excluding hydrogens is 334 g/mol. The first-order chi connectivity index (χ1) is 12.7. The molecule has 3 aromatic rings. The van der Waals surface area contributed by atoms with Gasteiger partial charge in [-0.3, -0.25) is 4.79 Å². The van der Waals surface area contributed by atoms with Crippen molar-refractivity contribution in [3.05, 3.63) is 60.4 Å². The number of amides is 1. The van der Waals surface area contributed by atoms with E-state index in [1.165, 1.54) is 11.0 Å². The smallest absolute Gasteiger partial charge is 0.249 e. The third kappa shape index (κ3) is 4.15. The van der Waals surface area contributed by atoms with E-state index in [9.17, 15) is 4.79 Å². The molecule has 1 aromatic heterocycles. The Hall–Kier alpha value is -3.42. The van der Waals surface area contributed by atoms with Crippen molar-refractivity contribution in [2.75, 3.05) is 19.5 Å². The van der Waals surface area contributed by atoms with E-state index in [0.717, 1.165) is 5.56 Å². The maximum Gasteiger partial charge on any atom is 0.249 e. The predicted molar refractivity (Wildman–Crippen MR) is 95.2 cm³/mol. The van der Waals surface area contributed by atoms with Crippen molar-refractivity contribution in [2.24, 2.45) is 0 Å². The third-order valence-corrected chi connectivity index (χ3v) is 3.88. The van der Waals surface area contributed by atoms with Crippen molar-refractivity contribution in [2.45, 2.75) is 12.5 Å². The van der Waals surface area contributed by atoms with E-state index in [-0.39, 0.29) is 5.91 Å². The zero-order valence-corrected chi connectivity index (χ0v) is 14.5. The van der Waals surface area contributed by atoms with Crippen LogP contribution in [0.25, 0.3) is 0 Å². The fraction of sp³-hybridized carbons (Fsp3) is 0.222. The van der Waals surface area contributed by atoms with E-state index in [1.807, 2.05) is 30.3 Å². The number of rotatable bonds is 7. The van der Waals surface area contributed by atoms with Crippen molar-refractivity contribution in [1.29, 1.82) is 0 Å². The van der Waals surface area contributed by atoms with Gasteiger partial charge in [0, 0.05) is 30.3 Å². The highest BCUT2D eigenvalue weighted by Crippen LogP contribution is 2.26. The van der Waals surface area contributed by atoms with Crippen molar-refractivity contribution < 1.29 is 14.3 Å². The number of anilines is 1. The van der Waals surface area contributed by atoms with Crippen molar-refractivity contribution >= 4 is 11.6 Å². The molecule has 0 aliphatic rings. The average molecular weight is 353 g/mol. The molecule has 1 heterocycles. The lowest BCUT2D eigenvalue weighted by Crippen LogP contribution is -2.28. The Labute approximate surface area is 150 Å². The number of carbonyl (C=O) groups is 1. The number of nitrogens with one attached hydrogen (secondary N) is 1. The largest absolute Gasteiger partial charge is 0.497 e. The summed E-state index contributed by atoms with van der Waals surface area (Å²) in [4.78, 5) is 12.9. The van der Waals surface area contributed by atoms with Crippen LogP contribution in [0.5, 0.6) is 11.5 Å². The molecule has 0 spiro atoms. The number of methoxy groups -OCH3 is 2. The van der Waals surface area contributed by atoms with E-state index in [4.69, 9.17) is 9.47 Å². The Bertz CT molecular complexity index is 830. The third-order valence-electron chi connectivity index (χ3n) is 3.88. The molecule has 0 aliphatic carbocycles. The maximum absolute atomic E-state index is 12.9. The molecule has 0 aliphatic heterocycles. The van der Waals surface area contributed by atoms with E-state index >= 15 is 0 Å². The minimum Gasteiger partial charge on any atom is -0.497 e. The Morgan fingerprint density at radius 1 is 1.12 bits per heavy atom. The molecule has 0 bridgehead atoms. The zero-order valence-electron chi connectivity index (χ0n) is 14.5. The van der Waals surface area contributed by atoms with Crippen LogP contribution in [0.15, 0.2) is 54.9 Å². The van der Waals surface area contributed by atoms with Gasteiger partial charge in [-0.1, -0.05) is 30.3 Å². The van der Waals surface area contributed by atoms with Gasteiger partial charge >= 0.3 is 0 Å². The summed E-state index contributed by atoms with van der Waals surface area (Å²) in [5, 5.41) is 14.1. The number of nitrogens with zero attached hydrogens (tertiary/aromatic N) is 4. The molecule has 3 rings (SSSR count). The SMILES string of the molecule is COc1cc(NC(=O)[C@H](Cc2ccccc2)n2cnnn2)cc(OC)c1. The van der Waals surface area contributed by atoms with Crippen LogP contribution in [-0.2, 0) is 11.2 Å². The number of hydrogen-bond donors (Lipinski definition) is 1. The van der Waals surface area contributed by atoms with Gasteiger partial charge < -0.3 is 14.8 Å². The van der Waals surface area contributed by atoms with Gasteiger partial charge in [0.15, 0.2) is 0 Å². The Morgan fingerprint density at radius 3 is 2.38 bits per heavy atom. The van der Waals surface area contributed by atoms with Crippen LogP contribution < -0.4 is 14.8 Å². The van der Waals surface area contributed by atoms with Crippen molar-refractivity contribution in [1.82, 2.24) is 20.2 Å². The molecule has 0 unspecified atom stereocenters. The Balaban J connectivity index is 1.84. The molecule has 0 saturated carbocycles. The Kier molecular flexibility index (Phi) is 5.43. The molecule has 1 atom stereocenters. The van der Waals surface area contributed by atoms with Crippen LogP contribution in [0.2, 0.25) is 0 Å². The minimum atomic E-state index is -0.593. The number of ether oxygens (including phenoxy) is 2. The van der Waals surface area contributed by atoms with Crippen LogP contribution in [0.1, 0.15) is 11.6 Å². The first-order valence-electron chi connectivity index (χ1n) is 8.00. The van der Waals surface area contributed by atoms with Crippen LogP contribution in [0.3, 0.4) is 0 Å². The van der Waals surface area contributed by atoms with Gasteiger partial charge in [-0.25, -0.2) is 4.68 Å².